The molecule has 1 amide bonds. The summed E-state index contributed by atoms with van der Waals surface area (Å²) in [5.41, 5.74) is 3.94. The number of carbonyl (C=O) groups is 1. The average molecular weight is 358 g/mol. The van der Waals surface area contributed by atoms with Crippen LogP contribution in [0.15, 0.2) is 59.5 Å². The van der Waals surface area contributed by atoms with Crippen molar-refractivity contribution in [2.24, 2.45) is 0 Å². The van der Waals surface area contributed by atoms with E-state index in [0.29, 0.717) is 13.0 Å². The molecule has 3 N–H and O–H groups in total. The van der Waals surface area contributed by atoms with Gasteiger partial charge in [0.05, 0.1) is 4.90 Å². The molecular formula is C18H18N2O4S. The van der Waals surface area contributed by atoms with E-state index in [4.69, 9.17) is 5.21 Å². The second kappa shape index (κ2) is 7.18. The molecule has 0 aliphatic carbocycles. The molecule has 0 bridgehead atoms. The van der Waals surface area contributed by atoms with Crippen LogP contribution in [0, 0.1) is 0 Å². The second-order valence-corrected chi connectivity index (χ2v) is 7.74. The lowest BCUT2D eigenvalue weighted by atomic mass is 9.98. The van der Waals surface area contributed by atoms with Gasteiger partial charge < -0.3 is 0 Å². The standard InChI is InChI=1S/C18H18N2O4S/c21-17(20-22)9-7-13-6-8-16-14(12-13)10-11-19-18(16)25(23,24)15-4-2-1-3-5-15/h1-9,12,18-19,22H,10-11H2,(H,20,21). The van der Waals surface area contributed by atoms with Crippen LogP contribution in [-0.4, -0.2) is 26.1 Å². The van der Waals surface area contributed by atoms with Gasteiger partial charge in [-0.15, -0.1) is 0 Å². The molecule has 1 aliphatic heterocycles. The lowest BCUT2D eigenvalue weighted by Gasteiger charge is -2.27. The van der Waals surface area contributed by atoms with Crippen molar-refractivity contribution in [2.45, 2.75) is 16.7 Å². The third kappa shape index (κ3) is 3.63. The molecule has 3 rings (SSSR count). The molecule has 0 fully saturated rings. The van der Waals surface area contributed by atoms with E-state index in [9.17, 15) is 13.2 Å². The van der Waals surface area contributed by atoms with E-state index < -0.39 is 21.1 Å². The highest BCUT2D eigenvalue weighted by atomic mass is 32.2. The highest BCUT2D eigenvalue weighted by Crippen LogP contribution is 2.32. The zero-order valence-electron chi connectivity index (χ0n) is 13.3. The Labute approximate surface area is 146 Å². The summed E-state index contributed by atoms with van der Waals surface area (Å²) in [5, 5.41) is 10.8. The maximum Gasteiger partial charge on any atom is 0.267 e. The minimum atomic E-state index is -3.54. The molecule has 130 valence electrons. The molecule has 1 aliphatic rings. The van der Waals surface area contributed by atoms with E-state index in [1.807, 2.05) is 6.07 Å². The maximum atomic E-state index is 12.9. The largest absolute Gasteiger partial charge is 0.297 e. The number of nitrogens with one attached hydrogen (secondary N) is 2. The Morgan fingerprint density at radius 2 is 1.96 bits per heavy atom. The zero-order valence-corrected chi connectivity index (χ0v) is 14.2. The molecule has 0 saturated carbocycles. The monoisotopic (exact) mass is 358 g/mol. The van der Waals surface area contributed by atoms with E-state index in [2.05, 4.69) is 5.32 Å². The van der Waals surface area contributed by atoms with Gasteiger partial charge in [-0.05, 0) is 41.3 Å². The van der Waals surface area contributed by atoms with Crippen LogP contribution < -0.4 is 10.8 Å². The second-order valence-electron chi connectivity index (χ2n) is 5.71. The van der Waals surface area contributed by atoms with Crippen LogP contribution in [-0.2, 0) is 21.1 Å². The average Bonchev–Trinajstić information content (AvgIpc) is 2.66. The normalized spacial score (nSPS) is 17.2. The fraction of sp³-hybridized carbons (Fsp3) is 0.167. The van der Waals surface area contributed by atoms with Crippen molar-refractivity contribution < 1.29 is 18.4 Å². The quantitative estimate of drug-likeness (QED) is 0.440. The van der Waals surface area contributed by atoms with Crippen LogP contribution in [0.1, 0.15) is 22.1 Å². The molecule has 25 heavy (non-hydrogen) atoms. The number of hydrogen-bond donors (Lipinski definition) is 3. The summed E-state index contributed by atoms with van der Waals surface area (Å²) in [5.74, 6) is -0.621. The number of hydroxylamine groups is 1. The Kier molecular flexibility index (Phi) is 4.98. The van der Waals surface area contributed by atoms with Crippen LogP contribution in [0.4, 0.5) is 0 Å². The van der Waals surface area contributed by atoms with Gasteiger partial charge in [-0.3, -0.25) is 15.3 Å². The Morgan fingerprint density at radius 3 is 2.68 bits per heavy atom. The Balaban J connectivity index is 1.95. The first-order valence-corrected chi connectivity index (χ1v) is 9.34. The van der Waals surface area contributed by atoms with Gasteiger partial charge in [0.1, 0.15) is 5.37 Å². The third-order valence-corrected chi connectivity index (χ3v) is 6.06. The highest BCUT2D eigenvalue weighted by molar-refractivity contribution is 7.91. The van der Waals surface area contributed by atoms with Gasteiger partial charge in [-0.2, -0.15) is 0 Å². The molecule has 0 spiro atoms. The predicted octanol–water partition coefficient (Wildman–Crippen LogP) is 1.82. The number of fused-ring (bicyclic) bond motifs is 1. The van der Waals surface area contributed by atoms with Gasteiger partial charge >= 0.3 is 0 Å². The van der Waals surface area contributed by atoms with Crippen molar-refractivity contribution in [1.29, 1.82) is 0 Å². The first kappa shape index (κ1) is 17.3. The molecular weight excluding hydrogens is 340 g/mol. The molecule has 1 atom stereocenters. The molecule has 7 heteroatoms. The predicted molar refractivity (Wildman–Crippen MR) is 93.5 cm³/mol. The summed E-state index contributed by atoms with van der Waals surface area (Å²) < 4.78 is 25.9. The van der Waals surface area contributed by atoms with Crippen LogP contribution in [0.5, 0.6) is 0 Å². The fourth-order valence-corrected chi connectivity index (χ4v) is 4.59. The van der Waals surface area contributed by atoms with Crippen LogP contribution in [0.2, 0.25) is 0 Å². The van der Waals surface area contributed by atoms with Crippen molar-refractivity contribution in [1.82, 2.24) is 10.8 Å². The molecule has 2 aromatic carbocycles. The van der Waals surface area contributed by atoms with E-state index in [1.165, 1.54) is 11.6 Å². The minimum Gasteiger partial charge on any atom is -0.297 e. The summed E-state index contributed by atoms with van der Waals surface area (Å²) in [6.45, 7) is 0.550. The number of benzene rings is 2. The molecule has 0 radical (unpaired) electrons. The smallest absolute Gasteiger partial charge is 0.267 e. The van der Waals surface area contributed by atoms with E-state index in [0.717, 1.165) is 16.7 Å². The number of carbonyl (C=O) groups excluding carboxylic acids is 1. The SMILES string of the molecule is O=C(C=Cc1ccc2c(c1)CCNC2S(=O)(=O)c1ccccc1)NO. The van der Waals surface area contributed by atoms with Crippen molar-refractivity contribution in [3.05, 3.63) is 71.3 Å². The molecule has 0 saturated heterocycles. The van der Waals surface area contributed by atoms with Crippen molar-refractivity contribution in [3.8, 4) is 0 Å². The van der Waals surface area contributed by atoms with Crippen LogP contribution in [0.3, 0.4) is 0 Å². The Morgan fingerprint density at radius 1 is 1.20 bits per heavy atom. The van der Waals surface area contributed by atoms with Crippen LogP contribution in [0.25, 0.3) is 6.08 Å². The van der Waals surface area contributed by atoms with Crippen molar-refractivity contribution >= 4 is 21.8 Å². The third-order valence-electron chi connectivity index (χ3n) is 4.09. The fourth-order valence-electron chi connectivity index (χ4n) is 2.88. The number of sulfone groups is 1. The minimum absolute atomic E-state index is 0.281. The van der Waals surface area contributed by atoms with Gasteiger partial charge in [-0.25, -0.2) is 13.9 Å². The Hall–Kier alpha value is -2.48. The Bertz CT molecular complexity index is 908. The highest BCUT2D eigenvalue weighted by Gasteiger charge is 2.32. The zero-order chi connectivity index (χ0) is 17.9. The van der Waals surface area contributed by atoms with Crippen molar-refractivity contribution in [2.75, 3.05) is 6.54 Å². The summed E-state index contributed by atoms with van der Waals surface area (Å²) in [6, 6.07) is 13.8. The van der Waals surface area contributed by atoms with Gasteiger partial charge in [-0.1, -0.05) is 36.4 Å². The van der Waals surface area contributed by atoms with E-state index >= 15 is 0 Å². The van der Waals surface area contributed by atoms with E-state index in [1.54, 1.807) is 48.5 Å². The van der Waals surface area contributed by atoms with Gasteiger partial charge in [0.15, 0.2) is 9.84 Å². The van der Waals surface area contributed by atoms with Gasteiger partial charge in [0.25, 0.3) is 5.91 Å². The lowest BCUT2D eigenvalue weighted by Crippen LogP contribution is -2.35. The van der Waals surface area contributed by atoms with Gasteiger partial charge in [0, 0.05) is 12.6 Å². The maximum absolute atomic E-state index is 12.9. The summed E-state index contributed by atoms with van der Waals surface area (Å²) in [7, 11) is -3.54. The first-order chi connectivity index (χ1) is 12.0. The number of rotatable bonds is 4. The summed E-state index contributed by atoms with van der Waals surface area (Å²) >= 11 is 0. The van der Waals surface area contributed by atoms with Crippen molar-refractivity contribution in [3.63, 3.8) is 0 Å². The number of amides is 1. The molecule has 6 nitrogen and oxygen atoms in total. The van der Waals surface area contributed by atoms with Gasteiger partial charge in [0.2, 0.25) is 0 Å². The topological polar surface area (TPSA) is 95.5 Å². The molecule has 2 aromatic rings. The number of hydrogen-bond acceptors (Lipinski definition) is 5. The van der Waals surface area contributed by atoms with E-state index in [-0.39, 0.29) is 4.90 Å². The summed E-state index contributed by atoms with van der Waals surface area (Å²) in [4.78, 5) is 11.4. The first-order valence-electron chi connectivity index (χ1n) is 7.79. The molecule has 0 aromatic heterocycles. The summed E-state index contributed by atoms with van der Waals surface area (Å²) in [6.07, 6.45) is 3.47. The lowest BCUT2D eigenvalue weighted by molar-refractivity contribution is -0.124. The molecule has 1 unspecified atom stereocenters. The molecule has 1 heterocycles. The van der Waals surface area contributed by atoms with Crippen LogP contribution >= 0.6 is 0 Å².